The fourth-order valence-corrected chi connectivity index (χ4v) is 2.75. The lowest BCUT2D eigenvalue weighted by atomic mass is 9.98. The summed E-state index contributed by atoms with van der Waals surface area (Å²) in [6.07, 6.45) is 0. The molecule has 21 heavy (non-hydrogen) atoms. The minimum Gasteiger partial charge on any atom is -0.507 e. The first-order valence-electron chi connectivity index (χ1n) is 6.80. The van der Waals surface area contributed by atoms with Crippen LogP contribution in [0.15, 0.2) is 23.6 Å². The molecule has 1 amide bonds. The van der Waals surface area contributed by atoms with Crippen LogP contribution in [0.4, 0.5) is 0 Å². The van der Waals surface area contributed by atoms with Crippen molar-refractivity contribution in [2.45, 2.75) is 39.7 Å². The first-order chi connectivity index (χ1) is 9.79. The van der Waals surface area contributed by atoms with Crippen molar-refractivity contribution in [2.24, 2.45) is 0 Å². The Hall–Kier alpha value is -1.88. The number of amides is 1. The van der Waals surface area contributed by atoms with Gasteiger partial charge in [0.05, 0.1) is 22.8 Å². The number of aromatic nitrogens is 1. The largest absolute Gasteiger partial charge is 0.507 e. The third-order valence-corrected chi connectivity index (χ3v) is 4.42. The van der Waals surface area contributed by atoms with Gasteiger partial charge in [-0.15, -0.1) is 11.3 Å². The molecule has 0 aliphatic rings. The number of carbonyl (C=O) groups is 1. The summed E-state index contributed by atoms with van der Waals surface area (Å²) in [7, 11) is 0. The molecule has 0 bridgehead atoms. The highest BCUT2D eigenvalue weighted by atomic mass is 32.1. The average molecular weight is 304 g/mol. The molecule has 0 spiro atoms. The fourth-order valence-electron chi connectivity index (χ4n) is 1.84. The number of hydrogen-bond acceptors (Lipinski definition) is 4. The number of aromatic hydroxyl groups is 1. The molecule has 4 nitrogen and oxygen atoms in total. The third-order valence-electron chi connectivity index (χ3n) is 3.11. The lowest BCUT2D eigenvalue weighted by Gasteiger charge is -2.13. The van der Waals surface area contributed by atoms with Crippen molar-refractivity contribution in [1.82, 2.24) is 10.3 Å². The van der Waals surface area contributed by atoms with Crippen molar-refractivity contribution in [3.8, 4) is 5.75 Å². The summed E-state index contributed by atoms with van der Waals surface area (Å²) in [4.78, 5) is 16.6. The Labute approximate surface area is 128 Å². The molecule has 1 aromatic heterocycles. The Balaban J connectivity index is 2.05. The van der Waals surface area contributed by atoms with Crippen LogP contribution < -0.4 is 5.32 Å². The zero-order chi connectivity index (χ0) is 15.6. The van der Waals surface area contributed by atoms with Gasteiger partial charge < -0.3 is 10.4 Å². The second-order valence-corrected chi connectivity index (χ2v) is 6.91. The molecule has 0 radical (unpaired) electrons. The van der Waals surface area contributed by atoms with Gasteiger partial charge >= 0.3 is 0 Å². The Kier molecular flexibility index (Phi) is 4.32. The van der Waals surface area contributed by atoms with Crippen molar-refractivity contribution in [1.29, 1.82) is 0 Å². The number of benzene rings is 1. The van der Waals surface area contributed by atoms with Crippen LogP contribution in [0, 0.1) is 6.92 Å². The molecular weight excluding hydrogens is 284 g/mol. The summed E-state index contributed by atoms with van der Waals surface area (Å²) in [5, 5.41) is 15.7. The molecule has 2 aromatic rings. The molecular formula is C16H20N2O2S. The van der Waals surface area contributed by atoms with Crippen molar-refractivity contribution in [3.05, 3.63) is 45.4 Å². The Morgan fingerprint density at radius 1 is 1.38 bits per heavy atom. The van der Waals surface area contributed by atoms with Crippen LogP contribution in [0.5, 0.6) is 5.75 Å². The van der Waals surface area contributed by atoms with Gasteiger partial charge in [-0.2, -0.15) is 0 Å². The van der Waals surface area contributed by atoms with Crippen LogP contribution >= 0.6 is 11.3 Å². The molecule has 0 saturated carbocycles. The average Bonchev–Trinajstić information content (AvgIpc) is 2.88. The predicted molar refractivity (Wildman–Crippen MR) is 84.8 cm³/mol. The highest BCUT2D eigenvalue weighted by molar-refractivity contribution is 7.09. The minimum absolute atomic E-state index is 0.0156. The molecule has 0 fully saturated rings. The number of nitrogens with one attached hydrogen (secondary N) is 1. The number of aryl methyl sites for hydroxylation is 1. The molecule has 0 unspecified atom stereocenters. The lowest BCUT2D eigenvalue weighted by molar-refractivity contribution is 0.0947. The quantitative estimate of drug-likeness (QED) is 0.913. The maximum Gasteiger partial charge on any atom is 0.255 e. The summed E-state index contributed by atoms with van der Waals surface area (Å²) >= 11 is 1.60. The second-order valence-electron chi connectivity index (χ2n) is 6.05. The van der Waals surface area contributed by atoms with Crippen LogP contribution in [0.1, 0.15) is 47.4 Å². The molecule has 0 aliphatic heterocycles. The van der Waals surface area contributed by atoms with E-state index in [0.717, 1.165) is 10.7 Å². The zero-order valence-electron chi connectivity index (χ0n) is 12.7. The Morgan fingerprint density at radius 2 is 2.10 bits per heavy atom. The van der Waals surface area contributed by atoms with Gasteiger partial charge in [0.25, 0.3) is 5.91 Å². The molecule has 112 valence electrons. The number of phenols is 1. The fraction of sp³-hybridized carbons (Fsp3) is 0.375. The molecule has 1 heterocycles. The van der Waals surface area contributed by atoms with E-state index in [-0.39, 0.29) is 17.1 Å². The van der Waals surface area contributed by atoms with Gasteiger partial charge in [-0.3, -0.25) is 4.79 Å². The number of rotatable bonds is 3. The van der Waals surface area contributed by atoms with Crippen LogP contribution in [-0.2, 0) is 12.0 Å². The van der Waals surface area contributed by atoms with Gasteiger partial charge in [0, 0.05) is 10.8 Å². The smallest absolute Gasteiger partial charge is 0.255 e. The van der Waals surface area contributed by atoms with E-state index in [4.69, 9.17) is 0 Å². The molecule has 2 rings (SSSR count). The zero-order valence-corrected chi connectivity index (χ0v) is 13.5. The van der Waals surface area contributed by atoms with E-state index in [0.29, 0.717) is 17.7 Å². The summed E-state index contributed by atoms with van der Waals surface area (Å²) < 4.78 is 0. The first kappa shape index (κ1) is 15.5. The molecule has 0 aliphatic carbocycles. The first-order valence-corrected chi connectivity index (χ1v) is 7.68. The highest BCUT2D eigenvalue weighted by Gasteiger charge is 2.18. The van der Waals surface area contributed by atoms with Gasteiger partial charge in [0.15, 0.2) is 0 Å². The minimum atomic E-state index is -0.290. The van der Waals surface area contributed by atoms with Gasteiger partial charge in [-0.05, 0) is 18.6 Å². The maximum absolute atomic E-state index is 12.1. The van der Waals surface area contributed by atoms with E-state index >= 15 is 0 Å². The van der Waals surface area contributed by atoms with Gasteiger partial charge in [0.2, 0.25) is 0 Å². The highest BCUT2D eigenvalue weighted by Crippen LogP contribution is 2.25. The van der Waals surface area contributed by atoms with Gasteiger partial charge in [0.1, 0.15) is 5.75 Å². The summed E-state index contributed by atoms with van der Waals surface area (Å²) in [5.41, 5.74) is 1.83. The normalized spacial score (nSPS) is 11.4. The number of hydrogen-bond donors (Lipinski definition) is 2. The lowest BCUT2D eigenvalue weighted by Crippen LogP contribution is -2.23. The standard InChI is InChI=1S/C16H20N2O2S/c1-10-6-5-7-12(13(10)19)14(20)17-8-11-9-21-15(18-11)16(2,3)4/h5-7,9,19H,8H2,1-4H3,(H,17,20). The second kappa shape index (κ2) is 5.85. The number of thiazole rings is 1. The molecule has 0 saturated heterocycles. The Morgan fingerprint density at radius 3 is 2.71 bits per heavy atom. The molecule has 1 aromatic carbocycles. The molecule has 2 N–H and O–H groups in total. The predicted octanol–water partition coefficient (Wildman–Crippen LogP) is 3.38. The maximum atomic E-state index is 12.1. The number of nitrogens with zero attached hydrogens (tertiary/aromatic N) is 1. The SMILES string of the molecule is Cc1cccc(C(=O)NCc2csc(C(C)(C)C)n2)c1O. The summed E-state index contributed by atoms with van der Waals surface area (Å²) in [5.74, 6) is -0.259. The van der Waals surface area contributed by atoms with Crippen LogP contribution in [0.3, 0.4) is 0 Å². The van der Waals surface area contributed by atoms with E-state index in [1.165, 1.54) is 0 Å². The van der Waals surface area contributed by atoms with E-state index < -0.39 is 0 Å². The van der Waals surface area contributed by atoms with Crippen molar-refractivity contribution in [3.63, 3.8) is 0 Å². The number of para-hydroxylation sites is 1. The number of carbonyl (C=O) groups excluding carboxylic acids is 1. The molecule has 0 atom stereocenters. The van der Waals surface area contributed by atoms with E-state index in [9.17, 15) is 9.90 Å². The Bertz CT molecular complexity index is 657. The van der Waals surface area contributed by atoms with E-state index in [2.05, 4.69) is 31.1 Å². The van der Waals surface area contributed by atoms with Crippen molar-refractivity contribution >= 4 is 17.2 Å². The third kappa shape index (κ3) is 3.61. The molecule has 5 heteroatoms. The van der Waals surface area contributed by atoms with Crippen LogP contribution in [0.25, 0.3) is 0 Å². The number of phenolic OH excluding ortho intramolecular Hbond substituents is 1. The van der Waals surface area contributed by atoms with Gasteiger partial charge in [-0.25, -0.2) is 4.98 Å². The van der Waals surface area contributed by atoms with Gasteiger partial charge in [-0.1, -0.05) is 32.9 Å². The van der Waals surface area contributed by atoms with E-state index in [1.807, 2.05) is 5.38 Å². The summed E-state index contributed by atoms with van der Waals surface area (Å²) in [6.45, 7) is 8.46. The topological polar surface area (TPSA) is 62.2 Å². The van der Waals surface area contributed by atoms with Crippen molar-refractivity contribution < 1.29 is 9.90 Å². The van der Waals surface area contributed by atoms with E-state index in [1.54, 1.807) is 36.5 Å². The van der Waals surface area contributed by atoms with Crippen LogP contribution in [-0.4, -0.2) is 16.0 Å². The summed E-state index contributed by atoms with van der Waals surface area (Å²) in [6, 6.07) is 5.13. The van der Waals surface area contributed by atoms with Crippen molar-refractivity contribution in [2.75, 3.05) is 0 Å². The van der Waals surface area contributed by atoms with Crippen LogP contribution in [0.2, 0.25) is 0 Å². The monoisotopic (exact) mass is 304 g/mol.